The average Bonchev–Trinajstić information content (AvgIpc) is 3.16. The molecule has 1 aromatic rings. The summed E-state index contributed by atoms with van der Waals surface area (Å²) >= 11 is 0. The van der Waals surface area contributed by atoms with E-state index in [9.17, 15) is 9.59 Å². The van der Waals surface area contributed by atoms with Gasteiger partial charge < -0.3 is 15.2 Å². The monoisotopic (exact) mass is 263 g/mol. The van der Waals surface area contributed by atoms with Crippen molar-refractivity contribution in [3.8, 4) is 0 Å². The third-order valence-corrected chi connectivity index (χ3v) is 3.09. The van der Waals surface area contributed by atoms with Crippen LogP contribution in [0.15, 0.2) is 24.3 Å². The molecule has 0 aliphatic heterocycles. The van der Waals surface area contributed by atoms with Crippen LogP contribution in [-0.4, -0.2) is 29.7 Å². The molecule has 19 heavy (non-hydrogen) atoms. The Hall–Kier alpha value is -1.88. The third-order valence-electron chi connectivity index (χ3n) is 3.09. The van der Waals surface area contributed by atoms with Gasteiger partial charge in [0, 0.05) is 13.2 Å². The second-order valence-corrected chi connectivity index (χ2v) is 4.56. The van der Waals surface area contributed by atoms with Gasteiger partial charge >= 0.3 is 5.97 Å². The van der Waals surface area contributed by atoms with Crippen molar-refractivity contribution in [2.45, 2.75) is 26.0 Å². The molecular weight excluding hydrogens is 246 g/mol. The van der Waals surface area contributed by atoms with Gasteiger partial charge in [0.05, 0.1) is 17.6 Å². The number of amides is 1. The van der Waals surface area contributed by atoms with Crippen molar-refractivity contribution in [3.05, 3.63) is 35.4 Å². The van der Waals surface area contributed by atoms with Gasteiger partial charge in [-0.25, -0.2) is 4.79 Å². The molecule has 1 saturated carbocycles. The molecule has 1 aromatic carbocycles. The minimum absolute atomic E-state index is 0.0285. The Morgan fingerprint density at radius 1 is 1.47 bits per heavy atom. The number of benzene rings is 1. The molecule has 1 amide bonds. The molecule has 0 unspecified atom stereocenters. The van der Waals surface area contributed by atoms with E-state index in [1.807, 2.05) is 6.92 Å². The predicted molar refractivity (Wildman–Crippen MR) is 68.8 cm³/mol. The second-order valence-electron chi connectivity index (χ2n) is 4.56. The summed E-state index contributed by atoms with van der Waals surface area (Å²) in [6, 6.07) is 6.56. The number of rotatable bonds is 6. The minimum Gasteiger partial charge on any atom is -0.478 e. The molecule has 0 spiro atoms. The maximum Gasteiger partial charge on any atom is 0.335 e. The highest BCUT2D eigenvalue weighted by Gasteiger charge is 2.43. The third kappa shape index (κ3) is 3.54. The molecule has 2 N–H and O–H groups in total. The van der Waals surface area contributed by atoms with Crippen molar-refractivity contribution in [2.24, 2.45) is 5.92 Å². The van der Waals surface area contributed by atoms with E-state index >= 15 is 0 Å². The van der Waals surface area contributed by atoms with Gasteiger partial charge in [0.2, 0.25) is 5.91 Å². The molecule has 5 nitrogen and oxygen atoms in total. The summed E-state index contributed by atoms with van der Waals surface area (Å²) in [6.07, 6.45) is 0.824. The Bertz CT molecular complexity index is 486. The van der Waals surface area contributed by atoms with E-state index in [1.165, 1.54) is 6.07 Å². The fourth-order valence-electron chi connectivity index (χ4n) is 1.98. The largest absolute Gasteiger partial charge is 0.478 e. The smallest absolute Gasteiger partial charge is 0.335 e. The van der Waals surface area contributed by atoms with Gasteiger partial charge in [0.25, 0.3) is 0 Å². The number of carboxylic acids is 1. The summed E-state index contributed by atoms with van der Waals surface area (Å²) in [5, 5.41) is 11.7. The number of carbonyl (C=O) groups excluding carboxylic acids is 1. The van der Waals surface area contributed by atoms with Crippen LogP contribution in [0, 0.1) is 5.92 Å². The Balaban J connectivity index is 1.84. The van der Waals surface area contributed by atoms with Crippen LogP contribution in [0.5, 0.6) is 0 Å². The highest BCUT2D eigenvalue weighted by Crippen LogP contribution is 2.33. The van der Waals surface area contributed by atoms with E-state index < -0.39 is 5.97 Å². The first kappa shape index (κ1) is 13.5. The SMILES string of the molecule is CCO[C@H]1C[C@H]1C(=O)NCc1cccc(C(=O)O)c1. The Morgan fingerprint density at radius 3 is 2.95 bits per heavy atom. The van der Waals surface area contributed by atoms with E-state index in [0.717, 1.165) is 12.0 Å². The van der Waals surface area contributed by atoms with Gasteiger partial charge in [0.1, 0.15) is 0 Å². The van der Waals surface area contributed by atoms with Crippen molar-refractivity contribution >= 4 is 11.9 Å². The lowest BCUT2D eigenvalue weighted by molar-refractivity contribution is -0.123. The summed E-state index contributed by atoms with van der Waals surface area (Å²) in [7, 11) is 0. The quantitative estimate of drug-likeness (QED) is 0.814. The standard InChI is InChI=1S/C14H17NO4/c1-2-19-12-7-11(12)13(16)15-8-9-4-3-5-10(6-9)14(17)18/h3-6,11-12H,2,7-8H2,1H3,(H,15,16)(H,17,18)/t11-,12+/m1/s1. The second kappa shape index (κ2) is 5.84. The molecule has 0 bridgehead atoms. The number of carboxylic acid groups (broad SMARTS) is 1. The van der Waals surface area contributed by atoms with Gasteiger partial charge in [-0.2, -0.15) is 0 Å². The van der Waals surface area contributed by atoms with Gasteiger partial charge in [-0.1, -0.05) is 12.1 Å². The fraction of sp³-hybridized carbons (Fsp3) is 0.429. The topological polar surface area (TPSA) is 75.6 Å². The maximum atomic E-state index is 11.8. The Kier molecular flexibility index (Phi) is 4.16. The zero-order valence-corrected chi connectivity index (χ0v) is 10.8. The lowest BCUT2D eigenvalue weighted by Crippen LogP contribution is -2.26. The van der Waals surface area contributed by atoms with Crippen LogP contribution in [-0.2, 0) is 16.1 Å². The van der Waals surface area contributed by atoms with Gasteiger partial charge in [-0.3, -0.25) is 4.79 Å². The van der Waals surface area contributed by atoms with Gasteiger partial charge in [-0.05, 0) is 31.0 Å². The van der Waals surface area contributed by atoms with Crippen molar-refractivity contribution in [2.75, 3.05) is 6.61 Å². The number of carbonyl (C=O) groups is 2. The number of nitrogens with one attached hydrogen (secondary N) is 1. The van der Waals surface area contributed by atoms with E-state index in [0.29, 0.717) is 13.2 Å². The van der Waals surface area contributed by atoms with Crippen LogP contribution >= 0.6 is 0 Å². The minimum atomic E-state index is -0.966. The number of aromatic carboxylic acids is 1. The first-order valence-electron chi connectivity index (χ1n) is 6.33. The summed E-state index contributed by atoms with van der Waals surface area (Å²) in [4.78, 5) is 22.6. The molecule has 0 saturated heterocycles. The molecule has 2 atom stereocenters. The normalized spacial score (nSPS) is 20.9. The number of hydrogen-bond donors (Lipinski definition) is 2. The highest BCUT2D eigenvalue weighted by molar-refractivity contribution is 5.87. The van der Waals surface area contributed by atoms with Crippen molar-refractivity contribution in [1.29, 1.82) is 0 Å². The molecule has 1 fully saturated rings. The highest BCUT2D eigenvalue weighted by atomic mass is 16.5. The van der Waals surface area contributed by atoms with Crippen LogP contribution in [0.25, 0.3) is 0 Å². The first-order chi connectivity index (χ1) is 9.11. The summed E-state index contributed by atoms with van der Waals surface area (Å²) in [6.45, 7) is 2.87. The molecule has 2 rings (SSSR count). The zero-order chi connectivity index (χ0) is 13.8. The molecule has 0 radical (unpaired) electrons. The molecular formula is C14H17NO4. The van der Waals surface area contributed by atoms with Crippen LogP contribution in [0.3, 0.4) is 0 Å². The summed E-state index contributed by atoms with van der Waals surface area (Å²) in [5.74, 6) is -1.05. The molecule has 102 valence electrons. The van der Waals surface area contributed by atoms with Crippen LogP contribution < -0.4 is 5.32 Å². The molecule has 1 aliphatic rings. The zero-order valence-electron chi connectivity index (χ0n) is 10.8. The van der Waals surface area contributed by atoms with Crippen molar-refractivity contribution in [3.63, 3.8) is 0 Å². The van der Waals surface area contributed by atoms with E-state index in [1.54, 1.807) is 18.2 Å². The predicted octanol–water partition coefficient (Wildman–Crippen LogP) is 1.43. The Morgan fingerprint density at radius 2 is 2.26 bits per heavy atom. The number of ether oxygens (including phenoxy) is 1. The van der Waals surface area contributed by atoms with Crippen LogP contribution in [0.1, 0.15) is 29.3 Å². The van der Waals surface area contributed by atoms with E-state index in [4.69, 9.17) is 9.84 Å². The van der Waals surface area contributed by atoms with Crippen molar-refractivity contribution in [1.82, 2.24) is 5.32 Å². The number of hydrogen-bond acceptors (Lipinski definition) is 3. The average molecular weight is 263 g/mol. The summed E-state index contributed by atoms with van der Waals surface area (Å²) in [5.41, 5.74) is 1.01. The molecule has 0 heterocycles. The molecule has 0 aromatic heterocycles. The fourth-order valence-corrected chi connectivity index (χ4v) is 1.98. The van der Waals surface area contributed by atoms with Gasteiger partial charge in [-0.15, -0.1) is 0 Å². The van der Waals surface area contributed by atoms with Crippen LogP contribution in [0.2, 0.25) is 0 Å². The van der Waals surface area contributed by atoms with Crippen molar-refractivity contribution < 1.29 is 19.4 Å². The molecule has 5 heteroatoms. The first-order valence-corrected chi connectivity index (χ1v) is 6.33. The van der Waals surface area contributed by atoms with Crippen LogP contribution in [0.4, 0.5) is 0 Å². The maximum absolute atomic E-state index is 11.8. The van der Waals surface area contributed by atoms with E-state index in [2.05, 4.69) is 5.32 Å². The lowest BCUT2D eigenvalue weighted by Gasteiger charge is -2.06. The van der Waals surface area contributed by atoms with E-state index in [-0.39, 0.29) is 23.5 Å². The van der Waals surface area contributed by atoms with Gasteiger partial charge in [0.15, 0.2) is 0 Å². The summed E-state index contributed by atoms with van der Waals surface area (Å²) < 4.78 is 5.35. The Labute approximate surface area is 111 Å². The lowest BCUT2D eigenvalue weighted by atomic mass is 10.1. The molecule has 1 aliphatic carbocycles.